The Labute approximate surface area is 71.4 Å². The van der Waals surface area contributed by atoms with Crippen LogP contribution in [0.15, 0.2) is 24.3 Å². The molecule has 0 atom stereocenters. The van der Waals surface area contributed by atoms with Gasteiger partial charge in [-0.15, -0.1) is 0 Å². The third-order valence-corrected chi connectivity index (χ3v) is 1.89. The molecular formula is C9H13FN2. The van der Waals surface area contributed by atoms with E-state index in [2.05, 4.69) is 0 Å². The van der Waals surface area contributed by atoms with Crippen molar-refractivity contribution in [2.75, 3.05) is 13.1 Å². The summed E-state index contributed by atoms with van der Waals surface area (Å²) in [6.45, 7) is 0.917. The highest BCUT2D eigenvalue weighted by molar-refractivity contribution is 5.21. The lowest BCUT2D eigenvalue weighted by molar-refractivity contribution is 0.618. The van der Waals surface area contributed by atoms with Crippen LogP contribution in [-0.4, -0.2) is 13.1 Å². The zero-order valence-corrected chi connectivity index (χ0v) is 6.83. The fraction of sp³-hybridized carbons (Fsp3) is 0.333. The topological polar surface area (TPSA) is 52.0 Å². The summed E-state index contributed by atoms with van der Waals surface area (Å²) in [5, 5.41) is 0. The lowest BCUT2D eigenvalue weighted by Gasteiger charge is -2.11. The lowest BCUT2D eigenvalue weighted by atomic mass is 10.00. The second-order valence-electron chi connectivity index (χ2n) is 2.72. The molecule has 0 radical (unpaired) electrons. The van der Waals surface area contributed by atoms with Crippen LogP contribution < -0.4 is 11.5 Å². The van der Waals surface area contributed by atoms with Crippen molar-refractivity contribution in [2.24, 2.45) is 11.5 Å². The number of halogens is 1. The molecule has 1 rings (SSSR count). The van der Waals surface area contributed by atoms with E-state index in [1.165, 1.54) is 12.1 Å². The highest BCUT2D eigenvalue weighted by Crippen LogP contribution is 2.13. The number of hydrogen-bond donors (Lipinski definition) is 2. The third-order valence-electron chi connectivity index (χ3n) is 1.89. The summed E-state index contributed by atoms with van der Waals surface area (Å²) in [6.07, 6.45) is 0. The molecule has 0 heterocycles. The molecule has 0 spiro atoms. The van der Waals surface area contributed by atoms with Crippen molar-refractivity contribution in [1.82, 2.24) is 0 Å². The average molecular weight is 168 g/mol. The summed E-state index contributed by atoms with van der Waals surface area (Å²) in [7, 11) is 0. The van der Waals surface area contributed by atoms with E-state index in [9.17, 15) is 4.39 Å². The van der Waals surface area contributed by atoms with Crippen LogP contribution in [0.4, 0.5) is 4.39 Å². The zero-order chi connectivity index (χ0) is 8.97. The van der Waals surface area contributed by atoms with Gasteiger partial charge in [0.2, 0.25) is 0 Å². The monoisotopic (exact) mass is 168 g/mol. The first-order valence-electron chi connectivity index (χ1n) is 3.93. The molecule has 0 saturated heterocycles. The van der Waals surface area contributed by atoms with E-state index in [-0.39, 0.29) is 11.7 Å². The Balaban J connectivity index is 2.85. The van der Waals surface area contributed by atoms with Gasteiger partial charge in [-0.25, -0.2) is 4.39 Å². The van der Waals surface area contributed by atoms with E-state index in [1.807, 2.05) is 6.07 Å². The van der Waals surface area contributed by atoms with Crippen molar-refractivity contribution >= 4 is 0 Å². The van der Waals surface area contributed by atoms with Crippen molar-refractivity contribution in [3.63, 3.8) is 0 Å². The minimum absolute atomic E-state index is 0.0701. The molecule has 0 fully saturated rings. The zero-order valence-electron chi connectivity index (χ0n) is 6.83. The molecule has 0 aliphatic rings. The average Bonchev–Trinajstić information content (AvgIpc) is 2.07. The summed E-state index contributed by atoms with van der Waals surface area (Å²) in [6, 6.07) is 6.40. The van der Waals surface area contributed by atoms with E-state index in [0.717, 1.165) is 5.56 Å². The first kappa shape index (κ1) is 9.16. The van der Waals surface area contributed by atoms with Crippen LogP contribution >= 0.6 is 0 Å². The van der Waals surface area contributed by atoms with Gasteiger partial charge in [-0.2, -0.15) is 0 Å². The molecule has 3 heteroatoms. The van der Waals surface area contributed by atoms with Gasteiger partial charge >= 0.3 is 0 Å². The van der Waals surface area contributed by atoms with Gasteiger partial charge in [0.15, 0.2) is 0 Å². The molecule has 0 aliphatic heterocycles. The van der Waals surface area contributed by atoms with Crippen molar-refractivity contribution in [3.8, 4) is 0 Å². The standard InChI is InChI=1S/C9H13FN2/c10-9-3-1-2-7(4-9)8(5-11)6-12/h1-4,8H,5-6,11-12H2. The van der Waals surface area contributed by atoms with Crippen LogP contribution in [0.3, 0.4) is 0 Å². The van der Waals surface area contributed by atoms with Crippen molar-refractivity contribution < 1.29 is 4.39 Å². The fourth-order valence-electron chi connectivity index (χ4n) is 1.13. The largest absolute Gasteiger partial charge is 0.330 e. The van der Waals surface area contributed by atoms with Gasteiger partial charge in [0.1, 0.15) is 5.82 Å². The van der Waals surface area contributed by atoms with E-state index in [1.54, 1.807) is 6.07 Å². The predicted molar refractivity (Wildman–Crippen MR) is 47.2 cm³/mol. The number of benzene rings is 1. The van der Waals surface area contributed by atoms with Crippen molar-refractivity contribution in [1.29, 1.82) is 0 Å². The van der Waals surface area contributed by atoms with E-state index in [4.69, 9.17) is 11.5 Å². The summed E-state index contributed by atoms with van der Waals surface area (Å²) < 4.78 is 12.7. The fourth-order valence-corrected chi connectivity index (χ4v) is 1.13. The van der Waals surface area contributed by atoms with Crippen LogP contribution in [0.1, 0.15) is 11.5 Å². The van der Waals surface area contributed by atoms with Crippen LogP contribution in [0.5, 0.6) is 0 Å². The predicted octanol–water partition coefficient (Wildman–Crippen LogP) is 0.827. The van der Waals surface area contributed by atoms with Crippen molar-refractivity contribution in [2.45, 2.75) is 5.92 Å². The van der Waals surface area contributed by atoms with Gasteiger partial charge in [-0.1, -0.05) is 12.1 Å². The minimum Gasteiger partial charge on any atom is -0.330 e. The Bertz CT molecular complexity index is 246. The van der Waals surface area contributed by atoms with Crippen LogP contribution in [0.25, 0.3) is 0 Å². The maximum absolute atomic E-state index is 12.7. The first-order valence-corrected chi connectivity index (χ1v) is 3.93. The molecule has 1 aromatic rings. The molecule has 0 amide bonds. The summed E-state index contributed by atoms with van der Waals surface area (Å²) in [5.74, 6) is -0.167. The Hall–Kier alpha value is -0.930. The minimum atomic E-state index is -0.237. The quantitative estimate of drug-likeness (QED) is 0.702. The normalized spacial score (nSPS) is 10.7. The van der Waals surface area contributed by atoms with Crippen LogP contribution in [0.2, 0.25) is 0 Å². The Morgan fingerprint density at radius 1 is 1.25 bits per heavy atom. The molecule has 12 heavy (non-hydrogen) atoms. The third kappa shape index (κ3) is 2.03. The maximum Gasteiger partial charge on any atom is 0.123 e. The molecule has 66 valence electrons. The number of rotatable bonds is 3. The summed E-state index contributed by atoms with van der Waals surface area (Å²) in [5.41, 5.74) is 11.8. The second-order valence-corrected chi connectivity index (χ2v) is 2.72. The first-order chi connectivity index (χ1) is 5.77. The second kappa shape index (κ2) is 4.18. The number of nitrogens with two attached hydrogens (primary N) is 2. The van der Waals surface area contributed by atoms with Gasteiger partial charge in [0, 0.05) is 19.0 Å². The van der Waals surface area contributed by atoms with Gasteiger partial charge in [-0.05, 0) is 17.7 Å². The van der Waals surface area contributed by atoms with E-state index >= 15 is 0 Å². The Kier molecular flexibility index (Phi) is 3.19. The van der Waals surface area contributed by atoms with Gasteiger partial charge < -0.3 is 11.5 Å². The molecule has 0 saturated carbocycles. The number of hydrogen-bond acceptors (Lipinski definition) is 2. The highest BCUT2D eigenvalue weighted by atomic mass is 19.1. The molecule has 0 bridgehead atoms. The molecule has 0 unspecified atom stereocenters. The van der Waals surface area contributed by atoms with Gasteiger partial charge in [0.05, 0.1) is 0 Å². The molecular weight excluding hydrogens is 155 g/mol. The molecule has 0 aromatic heterocycles. The maximum atomic E-state index is 12.7. The smallest absolute Gasteiger partial charge is 0.123 e. The summed E-state index contributed by atoms with van der Waals surface area (Å²) >= 11 is 0. The van der Waals surface area contributed by atoms with Gasteiger partial charge in [0.25, 0.3) is 0 Å². The molecule has 1 aromatic carbocycles. The lowest BCUT2D eigenvalue weighted by Crippen LogP contribution is -2.21. The summed E-state index contributed by atoms with van der Waals surface area (Å²) in [4.78, 5) is 0. The highest BCUT2D eigenvalue weighted by Gasteiger charge is 2.06. The molecule has 0 aliphatic carbocycles. The van der Waals surface area contributed by atoms with E-state index < -0.39 is 0 Å². The Morgan fingerprint density at radius 3 is 2.42 bits per heavy atom. The van der Waals surface area contributed by atoms with E-state index in [0.29, 0.717) is 13.1 Å². The van der Waals surface area contributed by atoms with Crippen LogP contribution in [-0.2, 0) is 0 Å². The van der Waals surface area contributed by atoms with Crippen LogP contribution in [0, 0.1) is 5.82 Å². The molecule has 4 N–H and O–H groups in total. The Morgan fingerprint density at radius 2 is 1.92 bits per heavy atom. The van der Waals surface area contributed by atoms with Crippen molar-refractivity contribution in [3.05, 3.63) is 35.6 Å². The molecule has 2 nitrogen and oxygen atoms in total. The van der Waals surface area contributed by atoms with Gasteiger partial charge in [-0.3, -0.25) is 0 Å². The SMILES string of the molecule is NCC(CN)c1cccc(F)c1.